The molecule has 1 saturated heterocycles. The molecule has 8 heteroatoms. The fourth-order valence-corrected chi connectivity index (χ4v) is 4.33. The van der Waals surface area contributed by atoms with E-state index in [1.54, 1.807) is 6.20 Å². The number of nitrogens with zero attached hydrogens (tertiary/aromatic N) is 5. The summed E-state index contributed by atoms with van der Waals surface area (Å²) >= 11 is 0. The number of rotatable bonds is 4. The zero-order valence-electron chi connectivity index (χ0n) is 17.6. The highest BCUT2D eigenvalue weighted by Crippen LogP contribution is 2.33. The molecule has 1 fully saturated rings. The van der Waals surface area contributed by atoms with Crippen molar-refractivity contribution in [3.8, 4) is 11.6 Å². The number of H-pyrrole nitrogens is 1. The predicted molar refractivity (Wildman–Crippen MR) is 115 cm³/mol. The van der Waals surface area contributed by atoms with Gasteiger partial charge in [0.2, 0.25) is 11.8 Å². The zero-order chi connectivity index (χ0) is 21.4. The van der Waals surface area contributed by atoms with Gasteiger partial charge in [0.1, 0.15) is 11.7 Å². The van der Waals surface area contributed by atoms with Crippen molar-refractivity contribution < 1.29 is 9.21 Å². The van der Waals surface area contributed by atoms with Crippen LogP contribution in [0.25, 0.3) is 22.4 Å². The molecule has 0 spiro atoms. The minimum absolute atomic E-state index is 0.0559. The number of aromatic amines is 1. The minimum Gasteiger partial charge on any atom is -0.417 e. The fraction of sp³-hybridized carbons (Fsp3) is 0.348. The van der Waals surface area contributed by atoms with Crippen molar-refractivity contribution in [3.63, 3.8) is 0 Å². The quantitative estimate of drug-likeness (QED) is 0.541. The lowest BCUT2D eigenvalue weighted by Crippen LogP contribution is -2.39. The first kappa shape index (κ1) is 19.4. The minimum atomic E-state index is -0.218. The second-order valence-corrected chi connectivity index (χ2v) is 8.01. The summed E-state index contributed by atoms with van der Waals surface area (Å²) in [6.45, 7) is 4.54. The van der Waals surface area contributed by atoms with Crippen LogP contribution in [0, 0.1) is 13.8 Å². The Balaban J connectivity index is 1.43. The molecular formula is C23H24N6O2. The van der Waals surface area contributed by atoms with Gasteiger partial charge >= 0.3 is 0 Å². The topological polar surface area (TPSA) is 101 Å². The van der Waals surface area contributed by atoms with Crippen molar-refractivity contribution in [1.29, 1.82) is 0 Å². The van der Waals surface area contributed by atoms with Crippen LogP contribution in [0.5, 0.6) is 0 Å². The van der Waals surface area contributed by atoms with Crippen molar-refractivity contribution in [2.45, 2.75) is 45.6 Å². The number of likely N-dealkylation sites (tertiary alicyclic amines) is 1. The Morgan fingerprint density at radius 2 is 2.06 bits per heavy atom. The molecule has 8 nitrogen and oxygen atoms in total. The van der Waals surface area contributed by atoms with E-state index < -0.39 is 0 Å². The van der Waals surface area contributed by atoms with E-state index in [1.165, 1.54) is 0 Å². The van der Waals surface area contributed by atoms with Crippen LogP contribution in [0.15, 0.2) is 40.9 Å². The Hall–Kier alpha value is -3.55. The molecule has 1 aromatic carbocycles. The van der Waals surface area contributed by atoms with Crippen molar-refractivity contribution in [3.05, 3.63) is 59.4 Å². The van der Waals surface area contributed by atoms with Gasteiger partial charge in [0.05, 0.1) is 12.1 Å². The molecule has 0 radical (unpaired) electrons. The van der Waals surface area contributed by atoms with Gasteiger partial charge in [-0.25, -0.2) is 0 Å². The summed E-state index contributed by atoms with van der Waals surface area (Å²) in [7, 11) is 0. The van der Waals surface area contributed by atoms with Crippen molar-refractivity contribution >= 4 is 16.7 Å². The molecule has 3 aromatic heterocycles. The van der Waals surface area contributed by atoms with E-state index in [0.717, 1.165) is 47.0 Å². The van der Waals surface area contributed by atoms with Crippen LogP contribution in [0.4, 0.5) is 0 Å². The maximum atomic E-state index is 13.2. The summed E-state index contributed by atoms with van der Waals surface area (Å²) in [5.74, 6) is 0.907. The molecule has 31 heavy (non-hydrogen) atoms. The van der Waals surface area contributed by atoms with E-state index in [2.05, 4.69) is 25.4 Å². The van der Waals surface area contributed by atoms with Gasteiger partial charge in [0.15, 0.2) is 0 Å². The maximum absolute atomic E-state index is 13.2. The molecule has 1 N–H and O–H groups in total. The fourth-order valence-electron chi connectivity index (χ4n) is 4.33. The molecule has 4 aromatic rings. The van der Waals surface area contributed by atoms with Crippen LogP contribution in [0.1, 0.15) is 48.1 Å². The Morgan fingerprint density at radius 3 is 2.90 bits per heavy atom. The maximum Gasteiger partial charge on any atom is 0.267 e. The number of amides is 1. The van der Waals surface area contributed by atoms with Crippen LogP contribution < -0.4 is 0 Å². The number of carbonyl (C=O) groups is 1. The van der Waals surface area contributed by atoms with Gasteiger partial charge in [-0.2, -0.15) is 5.10 Å². The largest absolute Gasteiger partial charge is 0.417 e. The summed E-state index contributed by atoms with van der Waals surface area (Å²) in [6.07, 6.45) is 4.85. The molecule has 1 unspecified atom stereocenters. The smallest absolute Gasteiger partial charge is 0.267 e. The molecule has 4 heterocycles. The van der Waals surface area contributed by atoms with Gasteiger partial charge in [0.25, 0.3) is 5.89 Å². The highest BCUT2D eigenvalue weighted by molar-refractivity contribution is 5.92. The Kier molecular flexibility index (Phi) is 4.97. The summed E-state index contributed by atoms with van der Waals surface area (Å²) in [6, 6.07) is 9.71. The normalized spacial score (nSPS) is 16.7. The third kappa shape index (κ3) is 3.58. The van der Waals surface area contributed by atoms with Crippen molar-refractivity contribution in [1.82, 2.24) is 30.3 Å². The number of carbonyl (C=O) groups excluding carboxylic acids is 1. The highest BCUT2D eigenvalue weighted by Gasteiger charge is 2.32. The number of hydrogen-bond acceptors (Lipinski definition) is 6. The van der Waals surface area contributed by atoms with Crippen molar-refractivity contribution in [2.75, 3.05) is 6.54 Å². The number of pyridine rings is 1. The van der Waals surface area contributed by atoms with Crippen LogP contribution in [0.3, 0.4) is 0 Å². The first-order chi connectivity index (χ1) is 15.1. The SMILES string of the molecule is Cc1n[nH]c(C)c1CC(=O)N1CCCCC1c1nnc(-c2nccc3ccccc23)o1. The lowest BCUT2D eigenvalue weighted by Gasteiger charge is -2.33. The lowest BCUT2D eigenvalue weighted by atomic mass is 10.0. The van der Waals surface area contributed by atoms with Crippen molar-refractivity contribution in [2.24, 2.45) is 0 Å². The molecular weight excluding hydrogens is 392 g/mol. The number of benzene rings is 1. The van der Waals surface area contributed by atoms with Crippen LogP contribution in [-0.4, -0.2) is 42.7 Å². The van der Waals surface area contributed by atoms with Gasteiger partial charge < -0.3 is 9.32 Å². The molecule has 158 valence electrons. The van der Waals surface area contributed by atoms with Gasteiger partial charge in [-0.15, -0.1) is 10.2 Å². The molecule has 1 atom stereocenters. The molecule has 0 aliphatic carbocycles. The Bertz CT molecular complexity index is 1220. The van der Waals surface area contributed by atoms with Crippen LogP contribution in [-0.2, 0) is 11.2 Å². The number of hydrogen-bond donors (Lipinski definition) is 1. The van der Waals surface area contributed by atoms with Gasteiger partial charge in [-0.1, -0.05) is 24.3 Å². The Morgan fingerprint density at radius 1 is 1.19 bits per heavy atom. The number of nitrogens with one attached hydrogen (secondary N) is 1. The third-order valence-electron chi connectivity index (χ3n) is 6.03. The van der Waals surface area contributed by atoms with E-state index in [0.29, 0.717) is 30.4 Å². The number of aromatic nitrogens is 5. The standard InChI is InChI=1S/C23H24N6O2/c1-14-18(15(2)26-25-14)13-20(30)29-12-6-5-9-19(29)22-27-28-23(31-22)21-17-8-4-3-7-16(17)10-11-24-21/h3-4,7-8,10-11,19H,5-6,9,12-13H2,1-2H3,(H,25,26). The average molecular weight is 416 g/mol. The Labute approximate surface area is 179 Å². The monoisotopic (exact) mass is 416 g/mol. The second kappa shape index (κ2) is 7.94. The van der Waals surface area contributed by atoms with E-state index in [4.69, 9.17) is 4.42 Å². The first-order valence-electron chi connectivity index (χ1n) is 10.6. The third-order valence-corrected chi connectivity index (χ3v) is 6.03. The predicted octanol–water partition coefficient (Wildman–Crippen LogP) is 3.92. The molecule has 5 rings (SSSR count). The molecule has 0 bridgehead atoms. The summed E-state index contributed by atoms with van der Waals surface area (Å²) in [5.41, 5.74) is 3.42. The highest BCUT2D eigenvalue weighted by atomic mass is 16.4. The summed E-state index contributed by atoms with van der Waals surface area (Å²) < 4.78 is 6.08. The second-order valence-electron chi connectivity index (χ2n) is 8.01. The number of piperidine rings is 1. The number of aryl methyl sites for hydroxylation is 2. The van der Waals surface area contributed by atoms with Crippen LogP contribution >= 0.6 is 0 Å². The van der Waals surface area contributed by atoms with E-state index in [1.807, 2.05) is 49.1 Å². The van der Waals surface area contributed by atoms with E-state index in [9.17, 15) is 4.79 Å². The van der Waals surface area contributed by atoms with Gasteiger partial charge in [-0.3, -0.25) is 14.9 Å². The average Bonchev–Trinajstić information content (AvgIpc) is 3.41. The summed E-state index contributed by atoms with van der Waals surface area (Å²) in [4.78, 5) is 19.5. The van der Waals surface area contributed by atoms with Gasteiger partial charge in [-0.05, 0) is 44.6 Å². The zero-order valence-corrected chi connectivity index (χ0v) is 17.6. The van der Waals surface area contributed by atoms with E-state index in [-0.39, 0.29) is 11.9 Å². The lowest BCUT2D eigenvalue weighted by molar-refractivity contribution is -0.134. The molecule has 1 aliphatic heterocycles. The van der Waals surface area contributed by atoms with Gasteiger partial charge in [0, 0.05) is 29.4 Å². The first-order valence-corrected chi connectivity index (χ1v) is 10.6. The molecule has 1 aliphatic rings. The van der Waals surface area contributed by atoms with E-state index >= 15 is 0 Å². The van der Waals surface area contributed by atoms with Crippen LogP contribution in [0.2, 0.25) is 0 Å². The molecule has 1 amide bonds. The number of fused-ring (bicyclic) bond motifs is 1. The summed E-state index contributed by atoms with van der Waals surface area (Å²) in [5, 5.41) is 17.8. The molecule has 0 saturated carbocycles.